The summed E-state index contributed by atoms with van der Waals surface area (Å²) in [7, 11) is 0. The molecule has 2 N–H and O–H groups in total. The van der Waals surface area contributed by atoms with E-state index in [-0.39, 0.29) is 0 Å². The van der Waals surface area contributed by atoms with Gasteiger partial charge in [-0.05, 0) is 52.7 Å². The van der Waals surface area contributed by atoms with Crippen LogP contribution in [0.15, 0.2) is 50.7 Å². The summed E-state index contributed by atoms with van der Waals surface area (Å²) in [5, 5.41) is 0.602. The van der Waals surface area contributed by atoms with E-state index in [2.05, 4.69) is 22.0 Å². The zero-order valence-electron chi connectivity index (χ0n) is 9.21. The van der Waals surface area contributed by atoms with Gasteiger partial charge in [0, 0.05) is 14.3 Å². The third-order valence-corrected chi connectivity index (χ3v) is 4.87. The number of anilines is 1. The minimum absolute atomic E-state index is 0.602. The van der Waals surface area contributed by atoms with Crippen molar-refractivity contribution in [3.05, 3.63) is 51.5 Å². The van der Waals surface area contributed by atoms with E-state index in [1.54, 1.807) is 11.8 Å². The Balaban J connectivity index is 2.37. The van der Waals surface area contributed by atoms with Gasteiger partial charge in [-0.15, -0.1) is 0 Å². The smallest absolute Gasteiger partial charge is 0.0646 e. The molecule has 88 valence electrons. The van der Waals surface area contributed by atoms with Gasteiger partial charge in [-0.2, -0.15) is 0 Å². The van der Waals surface area contributed by atoms with Gasteiger partial charge in [0.1, 0.15) is 0 Å². The van der Waals surface area contributed by atoms with E-state index < -0.39 is 0 Å². The molecule has 2 aromatic carbocycles. The molecular weight excluding hydrogens is 318 g/mol. The maximum atomic E-state index is 6.04. The van der Waals surface area contributed by atoms with Crippen LogP contribution in [0.2, 0.25) is 5.02 Å². The summed E-state index contributed by atoms with van der Waals surface area (Å²) in [6, 6.07) is 11.9. The molecule has 0 aliphatic carbocycles. The van der Waals surface area contributed by atoms with Crippen LogP contribution in [0, 0.1) is 6.92 Å². The Morgan fingerprint density at radius 2 is 1.88 bits per heavy atom. The minimum atomic E-state index is 0.602. The van der Waals surface area contributed by atoms with E-state index in [0.29, 0.717) is 10.7 Å². The van der Waals surface area contributed by atoms with Crippen LogP contribution in [0.5, 0.6) is 0 Å². The van der Waals surface area contributed by atoms with Crippen molar-refractivity contribution in [3.63, 3.8) is 0 Å². The second kappa shape index (κ2) is 5.34. The maximum Gasteiger partial charge on any atom is 0.0646 e. The van der Waals surface area contributed by atoms with Crippen molar-refractivity contribution in [1.29, 1.82) is 0 Å². The number of nitrogen functional groups attached to an aromatic ring is 1. The van der Waals surface area contributed by atoms with Crippen LogP contribution in [0.3, 0.4) is 0 Å². The topological polar surface area (TPSA) is 26.0 Å². The van der Waals surface area contributed by atoms with Gasteiger partial charge in [-0.25, -0.2) is 0 Å². The first kappa shape index (κ1) is 12.8. The Morgan fingerprint density at radius 1 is 1.18 bits per heavy atom. The maximum absolute atomic E-state index is 6.04. The molecular formula is C13H11BrClNS. The van der Waals surface area contributed by atoms with Crippen molar-refractivity contribution in [3.8, 4) is 0 Å². The van der Waals surface area contributed by atoms with E-state index in [1.807, 2.05) is 37.3 Å². The fourth-order valence-corrected chi connectivity index (χ4v) is 3.14. The molecule has 0 atom stereocenters. The number of hydrogen-bond acceptors (Lipinski definition) is 2. The highest BCUT2D eigenvalue weighted by Crippen LogP contribution is 2.37. The zero-order valence-corrected chi connectivity index (χ0v) is 12.4. The van der Waals surface area contributed by atoms with Crippen LogP contribution < -0.4 is 5.73 Å². The largest absolute Gasteiger partial charge is 0.398 e. The van der Waals surface area contributed by atoms with Crippen molar-refractivity contribution in [2.45, 2.75) is 16.7 Å². The van der Waals surface area contributed by atoms with Gasteiger partial charge >= 0.3 is 0 Å². The van der Waals surface area contributed by atoms with E-state index in [4.69, 9.17) is 17.3 Å². The van der Waals surface area contributed by atoms with Crippen LogP contribution in [0.1, 0.15) is 5.56 Å². The number of aryl methyl sites for hydroxylation is 1. The lowest BCUT2D eigenvalue weighted by Gasteiger charge is -2.09. The predicted molar refractivity (Wildman–Crippen MR) is 78.9 cm³/mol. The lowest BCUT2D eigenvalue weighted by molar-refractivity contribution is 1.29. The molecule has 0 fully saturated rings. The molecule has 17 heavy (non-hydrogen) atoms. The fraction of sp³-hybridized carbons (Fsp3) is 0.0769. The van der Waals surface area contributed by atoms with Crippen molar-refractivity contribution in [1.82, 2.24) is 0 Å². The number of halogens is 2. The summed E-state index contributed by atoms with van der Waals surface area (Å²) in [5.74, 6) is 0. The van der Waals surface area contributed by atoms with Crippen molar-refractivity contribution < 1.29 is 0 Å². The summed E-state index contributed by atoms with van der Waals surface area (Å²) in [5.41, 5.74) is 7.52. The Labute approximate surface area is 118 Å². The summed E-state index contributed by atoms with van der Waals surface area (Å²) in [6.45, 7) is 2.03. The number of benzene rings is 2. The average Bonchev–Trinajstić information content (AvgIpc) is 2.29. The molecule has 0 aromatic heterocycles. The molecule has 0 unspecified atom stereocenters. The van der Waals surface area contributed by atoms with E-state index in [0.717, 1.165) is 19.8 Å². The normalized spacial score (nSPS) is 10.5. The monoisotopic (exact) mass is 327 g/mol. The third kappa shape index (κ3) is 2.97. The van der Waals surface area contributed by atoms with Crippen LogP contribution >= 0.6 is 39.3 Å². The summed E-state index contributed by atoms with van der Waals surface area (Å²) < 4.78 is 1.08. The molecule has 1 nitrogen and oxygen atoms in total. The summed E-state index contributed by atoms with van der Waals surface area (Å²) in [4.78, 5) is 2.28. The van der Waals surface area contributed by atoms with Gasteiger partial charge in [-0.1, -0.05) is 35.5 Å². The molecule has 0 aliphatic rings. The fourth-order valence-electron chi connectivity index (χ4n) is 1.44. The molecule has 2 rings (SSSR count). The van der Waals surface area contributed by atoms with Crippen molar-refractivity contribution in [2.24, 2.45) is 0 Å². The Bertz CT molecular complexity index is 557. The van der Waals surface area contributed by atoms with E-state index in [1.165, 1.54) is 0 Å². The minimum Gasteiger partial charge on any atom is -0.398 e. The Hall–Kier alpha value is -0.640. The average molecular weight is 329 g/mol. The van der Waals surface area contributed by atoms with Crippen LogP contribution in [-0.2, 0) is 0 Å². The van der Waals surface area contributed by atoms with Crippen LogP contribution in [0.4, 0.5) is 5.69 Å². The van der Waals surface area contributed by atoms with E-state index in [9.17, 15) is 0 Å². The van der Waals surface area contributed by atoms with Gasteiger partial charge in [0.2, 0.25) is 0 Å². The number of hydrogen-bond donors (Lipinski definition) is 1. The third-order valence-electron chi connectivity index (χ3n) is 2.35. The highest BCUT2D eigenvalue weighted by molar-refractivity contribution is 9.10. The SMILES string of the molecule is Cc1cc(N)c(Cl)cc1Sc1ccccc1Br. The standard InChI is InChI=1S/C13H11BrClNS/c1-8-6-11(16)10(15)7-13(8)17-12-5-3-2-4-9(12)14/h2-7H,16H2,1H3. The van der Waals surface area contributed by atoms with Crippen LogP contribution in [0.25, 0.3) is 0 Å². The summed E-state index contributed by atoms with van der Waals surface area (Å²) >= 11 is 11.3. The molecule has 0 amide bonds. The Morgan fingerprint density at radius 3 is 2.59 bits per heavy atom. The van der Waals surface area contributed by atoms with Gasteiger partial charge < -0.3 is 5.73 Å². The Kier molecular flexibility index (Phi) is 4.02. The molecule has 0 saturated heterocycles. The van der Waals surface area contributed by atoms with Crippen molar-refractivity contribution >= 4 is 45.0 Å². The lowest BCUT2D eigenvalue weighted by atomic mass is 10.2. The van der Waals surface area contributed by atoms with Gasteiger partial charge in [0.25, 0.3) is 0 Å². The van der Waals surface area contributed by atoms with E-state index >= 15 is 0 Å². The quantitative estimate of drug-likeness (QED) is 0.772. The van der Waals surface area contributed by atoms with Gasteiger partial charge in [0.05, 0.1) is 10.7 Å². The second-order valence-corrected chi connectivity index (χ2v) is 6.02. The van der Waals surface area contributed by atoms with Gasteiger partial charge in [0.15, 0.2) is 0 Å². The molecule has 4 heteroatoms. The second-order valence-electron chi connectivity index (χ2n) is 3.67. The molecule has 2 aromatic rings. The first-order chi connectivity index (χ1) is 8.08. The number of nitrogens with two attached hydrogens (primary N) is 1. The molecule has 0 heterocycles. The molecule has 0 saturated carbocycles. The highest BCUT2D eigenvalue weighted by Gasteiger charge is 2.07. The molecule has 0 bridgehead atoms. The molecule has 0 spiro atoms. The first-order valence-corrected chi connectivity index (χ1v) is 7.04. The lowest BCUT2D eigenvalue weighted by Crippen LogP contribution is -1.89. The molecule has 0 radical (unpaired) electrons. The summed E-state index contributed by atoms with van der Waals surface area (Å²) in [6.07, 6.45) is 0. The number of rotatable bonds is 2. The van der Waals surface area contributed by atoms with Crippen molar-refractivity contribution in [2.75, 3.05) is 5.73 Å². The predicted octanol–water partition coefficient (Wildman–Crippen LogP) is 5.14. The van der Waals surface area contributed by atoms with Crippen LogP contribution in [-0.4, -0.2) is 0 Å². The molecule has 0 aliphatic heterocycles. The highest BCUT2D eigenvalue weighted by atomic mass is 79.9. The first-order valence-electron chi connectivity index (χ1n) is 5.06. The van der Waals surface area contributed by atoms with Gasteiger partial charge in [-0.3, -0.25) is 0 Å². The zero-order chi connectivity index (χ0) is 12.4.